The molecule has 15 heavy (non-hydrogen) atoms. The van der Waals surface area contributed by atoms with Crippen molar-refractivity contribution in [3.05, 3.63) is 22.9 Å². The molecule has 1 aromatic rings. The number of hydrogen-bond donors (Lipinski definition) is 1. The lowest BCUT2D eigenvalue weighted by molar-refractivity contribution is 0.703. The highest BCUT2D eigenvalue weighted by molar-refractivity contribution is 5.49. The molecule has 2 heteroatoms. The van der Waals surface area contributed by atoms with Crippen LogP contribution in [0.25, 0.3) is 0 Å². The lowest BCUT2D eigenvalue weighted by atomic mass is 9.97. The average molecular weight is 202 g/mol. The average Bonchev–Trinajstić information content (AvgIpc) is 2.22. The van der Waals surface area contributed by atoms with E-state index in [9.17, 15) is 0 Å². The fourth-order valence-electron chi connectivity index (χ4n) is 1.59. The lowest BCUT2D eigenvalue weighted by Gasteiger charge is -2.13. The Morgan fingerprint density at radius 3 is 2.73 bits per heavy atom. The van der Waals surface area contributed by atoms with Gasteiger partial charge < -0.3 is 5.73 Å². The van der Waals surface area contributed by atoms with Crippen LogP contribution in [0.15, 0.2) is 6.07 Å². The van der Waals surface area contributed by atoms with Gasteiger partial charge in [0.25, 0.3) is 0 Å². The number of hydrogen-bond acceptors (Lipinski definition) is 2. The van der Waals surface area contributed by atoms with E-state index in [4.69, 9.17) is 5.73 Å². The van der Waals surface area contributed by atoms with Crippen molar-refractivity contribution in [1.29, 1.82) is 0 Å². The third kappa shape index (κ3) is 2.50. The summed E-state index contributed by atoms with van der Waals surface area (Å²) >= 11 is 0. The van der Waals surface area contributed by atoms with Crippen LogP contribution in [0.5, 0.6) is 0 Å². The third-order valence-corrected chi connectivity index (χ3v) is 2.67. The molecular weight excluding hydrogens is 184 g/mol. The second kappa shape index (κ2) is 4.84. The fraction of sp³-hybridized carbons (Fsp3) is 0.462. The maximum atomic E-state index is 5.77. The largest absolute Gasteiger partial charge is 0.384 e. The van der Waals surface area contributed by atoms with Gasteiger partial charge in [0, 0.05) is 11.3 Å². The molecule has 80 valence electrons. The Balaban J connectivity index is 3.32. The normalized spacial score (nSPS) is 11.7. The van der Waals surface area contributed by atoms with Gasteiger partial charge in [-0.1, -0.05) is 19.8 Å². The Kier molecular flexibility index (Phi) is 3.74. The first-order valence-electron chi connectivity index (χ1n) is 5.29. The molecule has 0 saturated heterocycles. The van der Waals surface area contributed by atoms with E-state index in [0.717, 1.165) is 23.2 Å². The molecule has 0 aliphatic carbocycles. The zero-order chi connectivity index (χ0) is 11.4. The monoisotopic (exact) mass is 202 g/mol. The molecule has 0 radical (unpaired) electrons. The van der Waals surface area contributed by atoms with Crippen LogP contribution in [0.3, 0.4) is 0 Å². The Morgan fingerprint density at radius 1 is 1.53 bits per heavy atom. The van der Waals surface area contributed by atoms with Gasteiger partial charge in [-0.3, -0.25) is 0 Å². The third-order valence-electron chi connectivity index (χ3n) is 2.67. The molecule has 1 aromatic heterocycles. The van der Waals surface area contributed by atoms with E-state index in [1.807, 2.05) is 13.0 Å². The summed E-state index contributed by atoms with van der Waals surface area (Å²) in [6.07, 6.45) is 1.07. The standard InChI is InChI=1S/C13H18N2/c1-5-7-11-8-12(14)15-13(10(11)4)9(3)6-2/h8-9H,6H2,1-4H3,(H2,14,15). The SMILES string of the molecule is CC#Cc1cc(N)nc(C(C)CC)c1C. The van der Waals surface area contributed by atoms with Crippen molar-refractivity contribution >= 4 is 5.82 Å². The molecule has 0 aromatic carbocycles. The van der Waals surface area contributed by atoms with Gasteiger partial charge in [0.05, 0.1) is 0 Å². The summed E-state index contributed by atoms with van der Waals surface area (Å²) in [5.41, 5.74) is 9.01. The summed E-state index contributed by atoms with van der Waals surface area (Å²) in [5.74, 6) is 6.97. The highest BCUT2D eigenvalue weighted by Gasteiger charge is 2.11. The molecule has 0 saturated carbocycles. The van der Waals surface area contributed by atoms with E-state index in [2.05, 4.69) is 37.6 Å². The second-order valence-electron chi connectivity index (χ2n) is 3.79. The van der Waals surface area contributed by atoms with Crippen molar-refractivity contribution in [3.63, 3.8) is 0 Å². The van der Waals surface area contributed by atoms with Gasteiger partial charge >= 0.3 is 0 Å². The van der Waals surface area contributed by atoms with E-state index in [0.29, 0.717) is 11.7 Å². The Labute approximate surface area is 91.9 Å². The van der Waals surface area contributed by atoms with Gasteiger partial charge in [0.2, 0.25) is 0 Å². The molecular formula is C13H18N2. The predicted octanol–water partition coefficient (Wildman–Crippen LogP) is 2.86. The van der Waals surface area contributed by atoms with Crippen molar-refractivity contribution in [3.8, 4) is 11.8 Å². The minimum atomic E-state index is 0.436. The number of pyridine rings is 1. The topological polar surface area (TPSA) is 38.9 Å². The van der Waals surface area contributed by atoms with E-state index in [1.54, 1.807) is 0 Å². The summed E-state index contributed by atoms with van der Waals surface area (Å²) in [4.78, 5) is 4.40. The molecule has 0 spiro atoms. The highest BCUT2D eigenvalue weighted by atomic mass is 14.8. The molecule has 0 aliphatic heterocycles. The van der Waals surface area contributed by atoms with Crippen molar-refractivity contribution < 1.29 is 0 Å². The molecule has 1 heterocycles. The molecule has 2 nitrogen and oxygen atoms in total. The summed E-state index contributed by atoms with van der Waals surface area (Å²) < 4.78 is 0. The van der Waals surface area contributed by atoms with Crippen LogP contribution in [0.1, 0.15) is 49.9 Å². The van der Waals surface area contributed by atoms with Crippen LogP contribution >= 0.6 is 0 Å². The smallest absolute Gasteiger partial charge is 0.124 e. The quantitative estimate of drug-likeness (QED) is 0.749. The maximum Gasteiger partial charge on any atom is 0.124 e. The number of rotatable bonds is 2. The summed E-state index contributed by atoms with van der Waals surface area (Å²) in [6, 6.07) is 1.84. The Morgan fingerprint density at radius 2 is 2.20 bits per heavy atom. The van der Waals surface area contributed by atoms with Crippen LogP contribution in [0.4, 0.5) is 5.82 Å². The first-order valence-corrected chi connectivity index (χ1v) is 5.29. The molecule has 2 N–H and O–H groups in total. The van der Waals surface area contributed by atoms with E-state index in [1.165, 1.54) is 0 Å². The molecule has 0 bridgehead atoms. The van der Waals surface area contributed by atoms with E-state index >= 15 is 0 Å². The van der Waals surface area contributed by atoms with Crippen molar-refractivity contribution in [1.82, 2.24) is 4.98 Å². The Hall–Kier alpha value is -1.49. The fourth-order valence-corrected chi connectivity index (χ4v) is 1.59. The molecule has 1 unspecified atom stereocenters. The predicted molar refractivity (Wildman–Crippen MR) is 64.6 cm³/mol. The van der Waals surface area contributed by atoms with Gasteiger partial charge in [-0.25, -0.2) is 4.98 Å². The van der Waals surface area contributed by atoms with Gasteiger partial charge in [-0.15, -0.1) is 5.92 Å². The molecule has 1 atom stereocenters. The Bertz CT molecular complexity index is 411. The second-order valence-corrected chi connectivity index (χ2v) is 3.79. The summed E-state index contributed by atoms with van der Waals surface area (Å²) in [5, 5.41) is 0. The van der Waals surface area contributed by atoms with Crippen LogP contribution in [0, 0.1) is 18.8 Å². The van der Waals surface area contributed by atoms with Crippen molar-refractivity contribution in [2.45, 2.75) is 40.0 Å². The van der Waals surface area contributed by atoms with Gasteiger partial charge in [-0.05, 0) is 37.8 Å². The lowest BCUT2D eigenvalue weighted by Crippen LogP contribution is -2.04. The minimum Gasteiger partial charge on any atom is -0.384 e. The van der Waals surface area contributed by atoms with Crippen molar-refractivity contribution in [2.24, 2.45) is 0 Å². The summed E-state index contributed by atoms with van der Waals surface area (Å²) in [6.45, 7) is 8.21. The number of nitrogens with two attached hydrogens (primary N) is 1. The van der Waals surface area contributed by atoms with Crippen LogP contribution in [0.2, 0.25) is 0 Å². The zero-order valence-corrected chi connectivity index (χ0v) is 9.89. The number of aromatic nitrogens is 1. The van der Waals surface area contributed by atoms with E-state index in [-0.39, 0.29) is 0 Å². The van der Waals surface area contributed by atoms with Gasteiger partial charge in [0.15, 0.2) is 0 Å². The van der Waals surface area contributed by atoms with Crippen LogP contribution in [-0.2, 0) is 0 Å². The van der Waals surface area contributed by atoms with E-state index < -0.39 is 0 Å². The van der Waals surface area contributed by atoms with Crippen molar-refractivity contribution in [2.75, 3.05) is 5.73 Å². The molecule has 0 amide bonds. The summed E-state index contributed by atoms with van der Waals surface area (Å²) in [7, 11) is 0. The number of nitrogen functional groups attached to an aromatic ring is 1. The zero-order valence-electron chi connectivity index (χ0n) is 9.89. The molecule has 1 rings (SSSR count). The first-order chi connectivity index (χ1) is 7.10. The number of nitrogens with zero attached hydrogens (tertiary/aromatic N) is 1. The van der Waals surface area contributed by atoms with Gasteiger partial charge in [-0.2, -0.15) is 0 Å². The number of anilines is 1. The van der Waals surface area contributed by atoms with Gasteiger partial charge in [0.1, 0.15) is 5.82 Å². The molecule has 0 fully saturated rings. The van der Waals surface area contributed by atoms with Crippen LogP contribution < -0.4 is 5.73 Å². The first kappa shape index (κ1) is 11.6. The maximum absolute atomic E-state index is 5.77. The molecule has 0 aliphatic rings. The minimum absolute atomic E-state index is 0.436. The van der Waals surface area contributed by atoms with Crippen LogP contribution in [-0.4, -0.2) is 4.98 Å². The highest BCUT2D eigenvalue weighted by Crippen LogP contribution is 2.23.